The van der Waals surface area contributed by atoms with Crippen molar-refractivity contribution in [2.24, 2.45) is 5.92 Å². The smallest absolute Gasteiger partial charge is 0.129 e. The summed E-state index contributed by atoms with van der Waals surface area (Å²) in [5.41, 5.74) is 0.403. The first kappa shape index (κ1) is 14.6. The lowest BCUT2D eigenvalue weighted by Crippen LogP contribution is -2.53. The minimum Gasteiger partial charge on any atom is -0.390 e. The summed E-state index contributed by atoms with van der Waals surface area (Å²) >= 11 is 12.1. The molecule has 1 aliphatic heterocycles. The summed E-state index contributed by atoms with van der Waals surface area (Å²) in [6.07, 6.45) is 5.34. The third-order valence-electron chi connectivity index (χ3n) is 4.77. The number of aliphatic hydroxyl groups is 1. The molecule has 1 aliphatic carbocycles. The Morgan fingerprint density at radius 3 is 3.00 bits per heavy atom. The van der Waals surface area contributed by atoms with Crippen LogP contribution in [0.1, 0.15) is 37.8 Å². The molecule has 2 unspecified atom stereocenters. The van der Waals surface area contributed by atoms with Crippen molar-refractivity contribution in [3.8, 4) is 0 Å². The van der Waals surface area contributed by atoms with E-state index >= 15 is 0 Å². The van der Waals surface area contributed by atoms with Gasteiger partial charge in [0.2, 0.25) is 0 Å². The fourth-order valence-electron chi connectivity index (χ4n) is 3.56. The molecule has 2 aliphatic rings. The Balaban J connectivity index is 1.69. The monoisotopic (exact) mass is 314 g/mol. The van der Waals surface area contributed by atoms with E-state index in [0.29, 0.717) is 22.6 Å². The van der Waals surface area contributed by atoms with Crippen LogP contribution in [-0.2, 0) is 6.54 Å². The van der Waals surface area contributed by atoms with Crippen molar-refractivity contribution in [3.63, 3.8) is 0 Å². The molecule has 0 spiro atoms. The first-order chi connectivity index (χ1) is 9.57. The van der Waals surface area contributed by atoms with E-state index in [2.05, 4.69) is 9.88 Å². The van der Waals surface area contributed by atoms with Crippen molar-refractivity contribution >= 4 is 23.2 Å². The molecule has 2 fully saturated rings. The van der Waals surface area contributed by atoms with Crippen molar-refractivity contribution in [3.05, 3.63) is 28.0 Å². The molecule has 0 radical (unpaired) electrons. The molecular formula is C15H20Cl2N2O. The quantitative estimate of drug-likeness (QED) is 0.849. The summed E-state index contributed by atoms with van der Waals surface area (Å²) in [5, 5.41) is 11.8. The minimum atomic E-state index is -0.430. The van der Waals surface area contributed by atoms with Crippen LogP contribution >= 0.6 is 23.2 Å². The van der Waals surface area contributed by atoms with Gasteiger partial charge >= 0.3 is 0 Å². The van der Waals surface area contributed by atoms with Crippen LogP contribution in [0.2, 0.25) is 10.2 Å². The molecule has 3 rings (SSSR count). The molecule has 1 saturated carbocycles. The second kappa shape index (κ2) is 5.80. The lowest BCUT2D eigenvalue weighted by Gasteiger charge is -2.47. The van der Waals surface area contributed by atoms with E-state index in [1.807, 2.05) is 0 Å². The Labute approximate surface area is 129 Å². The second-order valence-electron chi connectivity index (χ2n) is 6.09. The highest BCUT2D eigenvalue weighted by atomic mass is 35.5. The molecule has 2 atom stereocenters. The van der Waals surface area contributed by atoms with Gasteiger partial charge < -0.3 is 5.11 Å². The number of fused-ring (bicyclic) bond motifs is 1. The summed E-state index contributed by atoms with van der Waals surface area (Å²) in [6, 6.07) is 3.51. The average Bonchev–Trinajstić information content (AvgIpc) is 2.43. The molecule has 3 nitrogen and oxygen atoms in total. The summed E-state index contributed by atoms with van der Waals surface area (Å²) in [7, 11) is 0. The van der Waals surface area contributed by atoms with Crippen molar-refractivity contribution in [1.29, 1.82) is 0 Å². The van der Waals surface area contributed by atoms with Crippen molar-refractivity contribution in [2.45, 2.75) is 44.2 Å². The van der Waals surface area contributed by atoms with E-state index in [-0.39, 0.29) is 0 Å². The molecule has 20 heavy (non-hydrogen) atoms. The van der Waals surface area contributed by atoms with Gasteiger partial charge in [-0.15, -0.1) is 0 Å². The average molecular weight is 315 g/mol. The summed E-state index contributed by atoms with van der Waals surface area (Å²) < 4.78 is 0. The molecule has 1 N–H and O–H groups in total. The Morgan fingerprint density at radius 2 is 2.15 bits per heavy atom. The van der Waals surface area contributed by atoms with Gasteiger partial charge in [0.05, 0.1) is 16.3 Å². The zero-order valence-corrected chi connectivity index (χ0v) is 13.0. The Morgan fingerprint density at radius 1 is 1.30 bits per heavy atom. The Bertz CT molecular complexity index is 497. The largest absolute Gasteiger partial charge is 0.390 e. The number of rotatable bonds is 2. The normalized spacial score (nSPS) is 31.1. The molecule has 1 aromatic rings. The fourth-order valence-corrected chi connectivity index (χ4v) is 3.89. The van der Waals surface area contributed by atoms with Gasteiger partial charge in [0, 0.05) is 25.6 Å². The Hall–Kier alpha value is -0.350. The highest BCUT2D eigenvalue weighted by Gasteiger charge is 2.42. The molecule has 110 valence electrons. The minimum absolute atomic E-state index is 0.392. The summed E-state index contributed by atoms with van der Waals surface area (Å²) in [5.74, 6) is 0.392. The van der Waals surface area contributed by atoms with Gasteiger partial charge in [-0.25, -0.2) is 4.98 Å². The highest BCUT2D eigenvalue weighted by molar-refractivity contribution is 6.32. The SMILES string of the molecule is OC12CCCCC1CN(Cc1nc(Cl)ccc1Cl)CC2. The third-order valence-corrected chi connectivity index (χ3v) is 5.32. The molecule has 0 aromatic carbocycles. The number of halogens is 2. The van der Waals surface area contributed by atoms with Crippen molar-refractivity contribution < 1.29 is 5.11 Å². The van der Waals surface area contributed by atoms with E-state index in [1.54, 1.807) is 12.1 Å². The molecule has 0 amide bonds. The number of aromatic nitrogens is 1. The van der Waals surface area contributed by atoms with E-state index in [9.17, 15) is 5.11 Å². The molecular weight excluding hydrogens is 295 g/mol. The van der Waals surface area contributed by atoms with Gasteiger partial charge in [0.15, 0.2) is 0 Å². The number of hydrogen-bond acceptors (Lipinski definition) is 3. The van der Waals surface area contributed by atoms with Crippen molar-refractivity contribution in [1.82, 2.24) is 9.88 Å². The van der Waals surface area contributed by atoms with Gasteiger partial charge in [-0.3, -0.25) is 4.90 Å². The molecule has 5 heteroatoms. The van der Waals surface area contributed by atoms with Crippen molar-refractivity contribution in [2.75, 3.05) is 13.1 Å². The van der Waals surface area contributed by atoms with Gasteiger partial charge in [0.1, 0.15) is 5.15 Å². The lowest BCUT2D eigenvalue weighted by atomic mass is 9.71. The van der Waals surface area contributed by atoms with Crippen LogP contribution in [0.5, 0.6) is 0 Å². The van der Waals surface area contributed by atoms with Crippen LogP contribution in [0.3, 0.4) is 0 Å². The van der Waals surface area contributed by atoms with Crippen LogP contribution in [0.15, 0.2) is 12.1 Å². The maximum Gasteiger partial charge on any atom is 0.129 e. The van der Waals surface area contributed by atoms with E-state index in [0.717, 1.165) is 44.5 Å². The standard InChI is InChI=1S/C15H20Cl2N2O/c16-12-4-5-14(17)18-13(12)10-19-8-7-15(20)6-2-1-3-11(15)9-19/h4-5,11,20H,1-3,6-10H2. The number of piperidine rings is 1. The van der Waals surface area contributed by atoms with Gasteiger partial charge in [0.25, 0.3) is 0 Å². The molecule has 1 saturated heterocycles. The van der Waals surface area contributed by atoms with E-state index in [4.69, 9.17) is 23.2 Å². The number of nitrogens with zero attached hydrogens (tertiary/aromatic N) is 2. The summed E-state index contributed by atoms with van der Waals surface area (Å²) in [6.45, 7) is 2.55. The second-order valence-corrected chi connectivity index (χ2v) is 6.89. The summed E-state index contributed by atoms with van der Waals surface area (Å²) in [4.78, 5) is 6.66. The lowest BCUT2D eigenvalue weighted by molar-refractivity contribution is -0.0969. The Kier molecular flexibility index (Phi) is 4.23. The first-order valence-electron chi connectivity index (χ1n) is 7.32. The topological polar surface area (TPSA) is 36.4 Å². The third kappa shape index (κ3) is 2.96. The number of pyridine rings is 1. The van der Waals surface area contributed by atoms with Crippen LogP contribution < -0.4 is 0 Å². The molecule has 2 heterocycles. The van der Waals surface area contributed by atoms with Gasteiger partial charge in [-0.2, -0.15) is 0 Å². The first-order valence-corrected chi connectivity index (χ1v) is 8.08. The predicted octanol–water partition coefficient (Wildman–Crippen LogP) is 3.52. The van der Waals surface area contributed by atoms with Crippen LogP contribution in [0, 0.1) is 5.92 Å². The maximum absolute atomic E-state index is 10.7. The fraction of sp³-hybridized carbons (Fsp3) is 0.667. The zero-order chi connectivity index (χ0) is 14.2. The number of hydrogen-bond donors (Lipinski definition) is 1. The van der Waals surface area contributed by atoms with Crippen LogP contribution in [0.4, 0.5) is 0 Å². The predicted molar refractivity (Wildman–Crippen MR) is 81.1 cm³/mol. The van der Waals surface area contributed by atoms with E-state index in [1.165, 1.54) is 6.42 Å². The van der Waals surface area contributed by atoms with Gasteiger partial charge in [-0.05, 0) is 31.4 Å². The van der Waals surface area contributed by atoms with Crippen LogP contribution in [0.25, 0.3) is 0 Å². The highest BCUT2D eigenvalue weighted by Crippen LogP contribution is 2.40. The molecule has 0 bridgehead atoms. The maximum atomic E-state index is 10.7. The zero-order valence-electron chi connectivity index (χ0n) is 11.5. The molecule has 1 aromatic heterocycles. The van der Waals surface area contributed by atoms with Gasteiger partial charge in [-0.1, -0.05) is 36.0 Å². The van der Waals surface area contributed by atoms with Crippen LogP contribution in [-0.4, -0.2) is 33.7 Å². The van der Waals surface area contributed by atoms with E-state index < -0.39 is 5.60 Å². The number of likely N-dealkylation sites (tertiary alicyclic amines) is 1.